The number of nitrogens with one attached hydrogen (secondary N) is 1. The molecular formula is C23H22FN3O5S. The normalized spacial score (nSPS) is 15.5. The Balaban J connectivity index is 1.63. The van der Waals surface area contributed by atoms with Gasteiger partial charge < -0.3 is 14.8 Å². The number of nitrogens with zero attached hydrogens (tertiary/aromatic N) is 2. The highest BCUT2D eigenvalue weighted by molar-refractivity contribution is 7.10. The smallest absolute Gasteiger partial charge is 0.295 e. The van der Waals surface area contributed by atoms with Crippen molar-refractivity contribution >= 4 is 28.6 Å². The maximum atomic E-state index is 13.4. The van der Waals surface area contributed by atoms with Crippen molar-refractivity contribution in [1.82, 2.24) is 4.90 Å². The summed E-state index contributed by atoms with van der Waals surface area (Å²) in [7, 11) is 3.17. The van der Waals surface area contributed by atoms with Crippen LogP contribution in [0.2, 0.25) is 0 Å². The van der Waals surface area contributed by atoms with E-state index < -0.39 is 22.3 Å². The van der Waals surface area contributed by atoms with E-state index in [9.17, 15) is 19.3 Å². The summed E-state index contributed by atoms with van der Waals surface area (Å²) >= 11 is 1.58. The number of anilines is 1. The standard InChI is InChI=1S/C23H22FN3O5S/c1-31-19-10-14-7-8-26(23(21-4-3-9-33-21)16(14)12-20(19)32-2)13-22(28)25-17-6-5-15(24)11-18(17)27(29)30/h3-6,9-12,23H,7-8,13H2,1-2H3,(H,25,28)/t23-/m1/s1. The molecule has 1 N–H and O–H groups in total. The second-order valence-corrected chi connectivity index (χ2v) is 8.49. The van der Waals surface area contributed by atoms with Gasteiger partial charge in [0.2, 0.25) is 5.91 Å². The molecule has 2 heterocycles. The molecule has 0 spiro atoms. The molecule has 1 aliphatic rings. The Kier molecular flexibility index (Phi) is 6.57. The lowest BCUT2D eigenvalue weighted by atomic mass is 9.91. The number of fused-ring (bicyclic) bond motifs is 1. The van der Waals surface area contributed by atoms with E-state index in [2.05, 4.69) is 5.32 Å². The largest absolute Gasteiger partial charge is 0.493 e. The van der Waals surface area contributed by atoms with Crippen LogP contribution in [-0.2, 0) is 11.2 Å². The first-order chi connectivity index (χ1) is 15.9. The average Bonchev–Trinajstić information content (AvgIpc) is 3.33. The molecule has 172 valence electrons. The summed E-state index contributed by atoms with van der Waals surface area (Å²) in [5.41, 5.74) is 1.60. The zero-order valence-electron chi connectivity index (χ0n) is 18.0. The zero-order valence-corrected chi connectivity index (χ0v) is 18.9. The van der Waals surface area contributed by atoms with Crippen LogP contribution in [0.5, 0.6) is 11.5 Å². The van der Waals surface area contributed by atoms with Crippen molar-refractivity contribution in [2.45, 2.75) is 12.5 Å². The number of nitro benzene ring substituents is 1. The summed E-state index contributed by atoms with van der Waals surface area (Å²) in [6.45, 7) is 0.606. The fraction of sp³-hybridized carbons (Fsp3) is 0.261. The molecule has 33 heavy (non-hydrogen) atoms. The van der Waals surface area contributed by atoms with Crippen molar-refractivity contribution in [3.05, 3.63) is 79.8 Å². The SMILES string of the molecule is COc1cc2c(cc1OC)[C@H](c1cccs1)N(CC(=O)Nc1ccc(F)cc1[N+](=O)[O-])CC2. The number of hydrogen-bond acceptors (Lipinski definition) is 7. The Morgan fingerprint density at radius 2 is 2.00 bits per heavy atom. The molecule has 0 fully saturated rings. The molecule has 1 amide bonds. The van der Waals surface area contributed by atoms with E-state index >= 15 is 0 Å². The zero-order chi connectivity index (χ0) is 23.5. The highest BCUT2D eigenvalue weighted by atomic mass is 32.1. The topological polar surface area (TPSA) is 93.9 Å². The van der Waals surface area contributed by atoms with E-state index in [0.29, 0.717) is 24.5 Å². The van der Waals surface area contributed by atoms with Gasteiger partial charge in [0.25, 0.3) is 5.69 Å². The van der Waals surface area contributed by atoms with Crippen LogP contribution in [0, 0.1) is 15.9 Å². The van der Waals surface area contributed by atoms with Gasteiger partial charge >= 0.3 is 0 Å². The van der Waals surface area contributed by atoms with E-state index in [-0.39, 0.29) is 18.3 Å². The predicted octanol–water partition coefficient (Wildman–Crippen LogP) is 4.40. The van der Waals surface area contributed by atoms with Gasteiger partial charge in [-0.2, -0.15) is 0 Å². The number of carbonyl (C=O) groups is 1. The number of amides is 1. The van der Waals surface area contributed by atoms with Crippen molar-refractivity contribution in [1.29, 1.82) is 0 Å². The molecular weight excluding hydrogens is 449 g/mol. The van der Waals surface area contributed by atoms with Crippen LogP contribution in [0.1, 0.15) is 22.0 Å². The molecule has 4 rings (SSSR count). The lowest BCUT2D eigenvalue weighted by Gasteiger charge is -2.37. The number of benzene rings is 2. The van der Waals surface area contributed by atoms with Crippen LogP contribution in [0.25, 0.3) is 0 Å². The van der Waals surface area contributed by atoms with Crippen molar-refractivity contribution in [3.8, 4) is 11.5 Å². The molecule has 1 atom stereocenters. The molecule has 10 heteroatoms. The summed E-state index contributed by atoms with van der Waals surface area (Å²) in [6.07, 6.45) is 0.696. The summed E-state index contributed by atoms with van der Waals surface area (Å²) in [6, 6.07) is 10.7. The van der Waals surface area contributed by atoms with E-state index in [1.54, 1.807) is 25.6 Å². The number of rotatable bonds is 7. The van der Waals surface area contributed by atoms with Gasteiger partial charge in [0.1, 0.15) is 11.5 Å². The Labute approximate surface area is 193 Å². The minimum atomic E-state index is -0.741. The van der Waals surface area contributed by atoms with E-state index in [1.807, 2.05) is 34.5 Å². The van der Waals surface area contributed by atoms with Gasteiger partial charge in [-0.3, -0.25) is 19.8 Å². The summed E-state index contributed by atoms with van der Waals surface area (Å²) < 4.78 is 24.4. The molecule has 0 saturated carbocycles. The van der Waals surface area contributed by atoms with Crippen LogP contribution in [0.15, 0.2) is 47.8 Å². The number of nitro groups is 1. The van der Waals surface area contributed by atoms with Gasteiger partial charge in [0, 0.05) is 11.4 Å². The van der Waals surface area contributed by atoms with Crippen LogP contribution in [0.4, 0.5) is 15.8 Å². The first-order valence-electron chi connectivity index (χ1n) is 10.2. The van der Waals surface area contributed by atoms with Gasteiger partial charge in [0.05, 0.1) is 37.8 Å². The van der Waals surface area contributed by atoms with Crippen LogP contribution < -0.4 is 14.8 Å². The first-order valence-corrected chi connectivity index (χ1v) is 11.0. The van der Waals surface area contributed by atoms with Crippen molar-refractivity contribution in [2.24, 2.45) is 0 Å². The molecule has 8 nitrogen and oxygen atoms in total. The fourth-order valence-electron chi connectivity index (χ4n) is 4.08. The van der Waals surface area contributed by atoms with Crippen LogP contribution in [0.3, 0.4) is 0 Å². The minimum Gasteiger partial charge on any atom is -0.493 e. The predicted molar refractivity (Wildman–Crippen MR) is 123 cm³/mol. The number of hydrogen-bond donors (Lipinski definition) is 1. The molecule has 0 aliphatic carbocycles. The third-order valence-electron chi connectivity index (χ3n) is 5.56. The minimum absolute atomic E-state index is 0.00484. The lowest BCUT2D eigenvalue weighted by Crippen LogP contribution is -2.41. The third-order valence-corrected chi connectivity index (χ3v) is 6.49. The molecule has 1 aliphatic heterocycles. The molecule has 0 saturated heterocycles. The second-order valence-electron chi connectivity index (χ2n) is 7.51. The monoisotopic (exact) mass is 471 g/mol. The lowest BCUT2D eigenvalue weighted by molar-refractivity contribution is -0.384. The van der Waals surface area contributed by atoms with E-state index in [4.69, 9.17) is 9.47 Å². The van der Waals surface area contributed by atoms with Gasteiger partial charge in [-0.1, -0.05) is 6.07 Å². The highest BCUT2D eigenvalue weighted by Crippen LogP contribution is 2.42. The number of carbonyl (C=O) groups excluding carboxylic acids is 1. The molecule has 1 aromatic heterocycles. The number of thiophene rings is 1. The maximum absolute atomic E-state index is 13.4. The molecule has 3 aromatic rings. The summed E-state index contributed by atoms with van der Waals surface area (Å²) in [4.78, 5) is 26.5. The Hall–Kier alpha value is -3.50. The number of methoxy groups -OCH3 is 2. The summed E-state index contributed by atoms with van der Waals surface area (Å²) in [5, 5.41) is 15.8. The van der Waals surface area contributed by atoms with Gasteiger partial charge in [-0.25, -0.2) is 4.39 Å². The molecule has 2 aromatic carbocycles. The van der Waals surface area contributed by atoms with Crippen molar-refractivity contribution in [3.63, 3.8) is 0 Å². The van der Waals surface area contributed by atoms with E-state index in [1.165, 1.54) is 6.07 Å². The van der Waals surface area contributed by atoms with Gasteiger partial charge in [0.15, 0.2) is 11.5 Å². The second kappa shape index (κ2) is 9.55. The first kappa shape index (κ1) is 22.7. The number of ether oxygens (including phenoxy) is 2. The van der Waals surface area contributed by atoms with Crippen molar-refractivity contribution in [2.75, 3.05) is 32.6 Å². The van der Waals surface area contributed by atoms with Gasteiger partial charge in [-0.15, -0.1) is 11.3 Å². The molecule has 0 radical (unpaired) electrons. The molecule has 0 bridgehead atoms. The van der Waals surface area contributed by atoms with Gasteiger partial charge in [-0.05, 0) is 53.3 Å². The third kappa shape index (κ3) is 4.67. The van der Waals surface area contributed by atoms with E-state index in [0.717, 1.165) is 28.1 Å². The number of halogens is 1. The quantitative estimate of drug-likeness (QED) is 0.406. The fourth-order valence-corrected chi connectivity index (χ4v) is 4.96. The Morgan fingerprint density at radius 1 is 1.24 bits per heavy atom. The highest BCUT2D eigenvalue weighted by Gasteiger charge is 2.32. The maximum Gasteiger partial charge on any atom is 0.295 e. The van der Waals surface area contributed by atoms with Crippen LogP contribution >= 0.6 is 11.3 Å². The average molecular weight is 472 g/mol. The van der Waals surface area contributed by atoms with Crippen LogP contribution in [-0.4, -0.2) is 43.0 Å². The Bertz CT molecular complexity index is 1190. The van der Waals surface area contributed by atoms with Crippen molar-refractivity contribution < 1.29 is 23.6 Å². The Morgan fingerprint density at radius 3 is 2.67 bits per heavy atom. The summed E-state index contributed by atoms with van der Waals surface area (Å²) in [5.74, 6) is 0.0895. The molecule has 0 unspecified atom stereocenters.